The SMILES string of the molecule is CCCN1[C@H](C)CN(c2ccc(Nc3ncc4c(n3)N3C(C=C4)C(=O)NCC34CCCCC4)nc2)C[C@@H]1C. The van der Waals surface area contributed by atoms with Crippen LogP contribution in [0.4, 0.5) is 23.3 Å². The lowest BCUT2D eigenvalue weighted by molar-refractivity contribution is -0.123. The van der Waals surface area contributed by atoms with E-state index >= 15 is 0 Å². The molecule has 1 saturated carbocycles. The Hall–Kier alpha value is -3.20. The molecule has 38 heavy (non-hydrogen) atoms. The van der Waals surface area contributed by atoms with Crippen LogP contribution < -0.4 is 20.4 Å². The third kappa shape index (κ3) is 4.51. The molecule has 4 aliphatic rings. The van der Waals surface area contributed by atoms with Gasteiger partial charge in [0, 0.05) is 43.5 Å². The van der Waals surface area contributed by atoms with Gasteiger partial charge in [0.25, 0.3) is 0 Å². The first-order chi connectivity index (χ1) is 18.5. The summed E-state index contributed by atoms with van der Waals surface area (Å²) in [6, 6.07) is 4.85. The highest BCUT2D eigenvalue weighted by Gasteiger charge is 2.49. The van der Waals surface area contributed by atoms with Crippen LogP contribution in [0.2, 0.25) is 0 Å². The zero-order valence-electron chi connectivity index (χ0n) is 22.9. The van der Waals surface area contributed by atoms with Gasteiger partial charge < -0.3 is 20.4 Å². The second-order valence-electron chi connectivity index (χ2n) is 11.5. The molecule has 2 N–H and O–H groups in total. The summed E-state index contributed by atoms with van der Waals surface area (Å²) in [5.41, 5.74) is 2.01. The van der Waals surface area contributed by atoms with Gasteiger partial charge in [0.15, 0.2) is 0 Å². The molecule has 3 fully saturated rings. The molecular weight excluding hydrogens is 476 g/mol. The van der Waals surface area contributed by atoms with Crippen molar-refractivity contribution in [3.8, 4) is 0 Å². The van der Waals surface area contributed by atoms with Crippen molar-refractivity contribution in [2.75, 3.05) is 41.3 Å². The molecule has 5 heterocycles. The van der Waals surface area contributed by atoms with Crippen LogP contribution in [0, 0.1) is 0 Å². The highest BCUT2D eigenvalue weighted by Crippen LogP contribution is 2.43. The Labute approximate surface area is 225 Å². The molecule has 1 aliphatic carbocycles. The number of piperazine rings is 2. The molecule has 3 atom stereocenters. The second kappa shape index (κ2) is 10.2. The first kappa shape index (κ1) is 25.1. The Morgan fingerprint density at radius 3 is 2.58 bits per heavy atom. The molecule has 9 nitrogen and oxygen atoms in total. The van der Waals surface area contributed by atoms with Crippen LogP contribution in [-0.4, -0.2) is 75.6 Å². The summed E-state index contributed by atoms with van der Waals surface area (Å²) >= 11 is 0. The molecular formula is C29H40N8O. The number of nitrogens with zero attached hydrogens (tertiary/aromatic N) is 6. The topological polar surface area (TPSA) is 89.5 Å². The van der Waals surface area contributed by atoms with Gasteiger partial charge in [-0.2, -0.15) is 4.98 Å². The Morgan fingerprint density at radius 1 is 1.08 bits per heavy atom. The first-order valence-electron chi connectivity index (χ1n) is 14.3. The molecule has 0 aromatic carbocycles. The highest BCUT2D eigenvalue weighted by molar-refractivity contribution is 5.93. The molecule has 3 aliphatic heterocycles. The maximum atomic E-state index is 12.8. The number of aromatic nitrogens is 3. The fraction of sp³-hybridized carbons (Fsp3) is 0.586. The molecule has 2 aromatic rings. The first-order valence-corrected chi connectivity index (χ1v) is 14.3. The molecule has 202 valence electrons. The largest absolute Gasteiger partial charge is 0.367 e. The van der Waals surface area contributed by atoms with Gasteiger partial charge in [-0.05, 0) is 51.8 Å². The van der Waals surface area contributed by atoms with E-state index in [4.69, 9.17) is 9.97 Å². The molecule has 6 rings (SSSR count). The lowest BCUT2D eigenvalue weighted by Crippen LogP contribution is -2.69. The van der Waals surface area contributed by atoms with Gasteiger partial charge >= 0.3 is 0 Å². The van der Waals surface area contributed by atoms with Crippen LogP contribution in [0.25, 0.3) is 6.08 Å². The van der Waals surface area contributed by atoms with Crippen LogP contribution in [0.1, 0.15) is 64.9 Å². The van der Waals surface area contributed by atoms with Gasteiger partial charge in [0.05, 0.1) is 17.4 Å². The van der Waals surface area contributed by atoms with Gasteiger partial charge in [-0.25, -0.2) is 9.97 Å². The number of hydrogen-bond donors (Lipinski definition) is 2. The number of rotatable bonds is 5. The zero-order valence-corrected chi connectivity index (χ0v) is 22.9. The summed E-state index contributed by atoms with van der Waals surface area (Å²) in [6.45, 7) is 10.7. The predicted octanol–water partition coefficient (Wildman–Crippen LogP) is 3.96. The summed E-state index contributed by atoms with van der Waals surface area (Å²) < 4.78 is 0. The van der Waals surface area contributed by atoms with Crippen molar-refractivity contribution in [3.63, 3.8) is 0 Å². The van der Waals surface area contributed by atoms with E-state index in [1.165, 1.54) is 25.7 Å². The van der Waals surface area contributed by atoms with Crippen molar-refractivity contribution in [1.29, 1.82) is 0 Å². The Morgan fingerprint density at radius 2 is 1.87 bits per heavy atom. The summed E-state index contributed by atoms with van der Waals surface area (Å²) in [5, 5.41) is 6.48. The summed E-state index contributed by atoms with van der Waals surface area (Å²) in [4.78, 5) is 34.4. The molecule has 1 spiro atoms. The summed E-state index contributed by atoms with van der Waals surface area (Å²) in [7, 11) is 0. The summed E-state index contributed by atoms with van der Waals surface area (Å²) in [5.74, 6) is 2.11. The van der Waals surface area contributed by atoms with E-state index in [1.54, 1.807) is 0 Å². The van der Waals surface area contributed by atoms with E-state index in [0.29, 0.717) is 30.4 Å². The van der Waals surface area contributed by atoms with Crippen molar-refractivity contribution in [2.24, 2.45) is 0 Å². The van der Waals surface area contributed by atoms with E-state index in [1.807, 2.05) is 30.6 Å². The van der Waals surface area contributed by atoms with E-state index in [-0.39, 0.29) is 17.5 Å². The molecule has 2 saturated heterocycles. The minimum Gasteiger partial charge on any atom is -0.367 e. The average Bonchev–Trinajstić information content (AvgIpc) is 2.93. The molecule has 2 aromatic heterocycles. The minimum absolute atomic E-state index is 0.0487. The second-order valence-corrected chi connectivity index (χ2v) is 11.5. The monoisotopic (exact) mass is 516 g/mol. The summed E-state index contributed by atoms with van der Waals surface area (Å²) in [6.07, 6.45) is 14.7. The zero-order chi connectivity index (χ0) is 26.3. The number of anilines is 4. The van der Waals surface area contributed by atoms with Crippen molar-refractivity contribution in [1.82, 2.24) is 25.2 Å². The third-order valence-electron chi connectivity index (χ3n) is 8.85. The van der Waals surface area contributed by atoms with Crippen molar-refractivity contribution < 1.29 is 4.79 Å². The maximum Gasteiger partial charge on any atom is 0.246 e. The number of fused-ring (bicyclic) bond motifs is 4. The minimum atomic E-state index is -0.322. The van der Waals surface area contributed by atoms with E-state index in [2.05, 4.69) is 57.2 Å². The van der Waals surface area contributed by atoms with Crippen LogP contribution in [0.5, 0.6) is 0 Å². The van der Waals surface area contributed by atoms with Gasteiger partial charge in [0.1, 0.15) is 17.7 Å². The standard InChI is InChI=1S/C29H40N8O/c1-4-14-36-20(2)17-35(18-21(36)3)23-9-11-25(30-16-23)33-28-31-15-22-8-10-24-27(38)32-19-29(12-6-5-7-13-29)37(24)26(22)34-28/h8-11,15-16,20-21,24H,4-7,12-14,17-19H2,1-3H3,(H,32,38)(H,30,31,33,34)/t20-,21+,24?. The van der Waals surface area contributed by atoms with Crippen LogP contribution >= 0.6 is 0 Å². The van der Waals surface area contributed by atoms with Gasteiger partial charge in [-0.3, -0.25) is 9.69 Å². The number of carbonyl (C=O) groups is 1. The molecule has 1 amide bonds. The van der Waals surface area contributed by atoms with E-state index < -0.39 is 0 Å². The number of nitrogens with one attached hydrogen (secondary N) is 2. The Balaban J connectivity index is 1.21. The van der Waals surface area contributed by atoms with E-state index in [0.717, 1.165) is 49.5 Å². The van der Waals surface area contributed by atoms with Crippen molar-refractivity contribution >= 4 is 35.3 Å². The number of amides is 1. The van der Waals surface area contributed by atoms with Crippen LogP contribution in [0.15, 0.2) is 30.6 Å². The smallest absolute Gasteiger partial charge is 0.246 e. The van der Waals surface area contributed by atoms with Crippen LogP contribution in [0.3, 0.4) is 0 Å². The maximum absolute atomic E-state index is 12.8. The molecule has 9 heteroatoms. The number of carbonyl (C=O) groups excluding carboxylic acids is 1. The quantitative estimate of drug-likeness (QED) is 0.617. The third-order valence-corrected chi connectivity index (χ3v) is 8.85. The Kier molecular flexibility index (Phi) is 6.72. The lowest BCUT2D eigenvalue weighted by Gasteiger charge is -2.54. The van der Waals surface area contributed by atoms with Crippen LogP contribution in [-0.2, 0) is 4.79 Å². The van der Waals surface area contributed by atoms with Crippen molar-refractivity contribution in [2.45, 2.75) is 83.0 Å². The lowest BCUT2D eigenvalue weighted by atomic mass is 9.77. The average molecular weight is 517 g/mol. The normalized spacial score (nSPS) is 26.6. The fourth-order valence-corrected chi connectivity index (χ4v) is 6.99. The van der Waals surface area contributed by atoms with Gasteiger partial charge in [-0.1, -0.05) is 38.3 Å². The molecule has 0 radical (unpaired) electrons. The van der Waals surface area contributed by atoms with Gasteiger partial charge in [0.2, 0.25) is 11.9 Å². The Bertz CT molecular complexity index is 1180. The van der Waals surface area contributed by atoms with Crippen molar-refractivity contribution in [3.05, 3.63) is 36.2 Å². The molecule has 0 bridgehead atoms. The number of hydrogen-bond acceptors (Lipinski definition) is 8. The van der Waals surface area contributed by atoms with Gasteiger partial charge in [-0.15, -0.1) is 0 Å². The number of pyridine rings is 1. The van der Waals surface area contributed by atoms with E-state index in [9.17, 15) is 4.79 Å². The molecule has 1 unspecified atom stereocenters. The highest BCUT2D eigenvalue weighted by atomic mass is 16.2. The predicted molar refractivity (Wildman–Crippen MR) is 152 cm³/mol. The fourth-order valence-electron chi connectivity index (χ4n) is 6.99.